The highest BCUT2D eigenvalue weighted by Crippen LogP contribution is 2.04. The maximum Gasteiger partial charge on any atom is 0.168 e. The van der Waals surface area contributed by atoms with Gasteiger partial charge in [-0.1, -0.05) is 30.3 Å². The summed E-state index contributed by atoms with van der Waals surface area (Å²) in [7, 11) is 3.69. The van der Waals surface area contributed by atoms with Gasteiger partial charge < -0.3 is 5.01 Å². The average molecular weight is 204 g/mol. The smallest absolute Gasteiger partial charge is 0.168 e. The number of carbonyl (C=O) groups excluding carboxylic acids is 1. The number of hydrogen-bond acceptors (Lipinski definition) is 3. The van der Waals surface area contributed by atoms with Gasteiger partial charge in [-0.15, -0.1) is 0 Å². The normalized spacial score (nSPS) is 11.3. The van der Waals surface area contributed by atoms with Crippen LogP contribution in [-0.2, 0) is 0 Å². The van der Waals surface area contributed by atoms with E-state index >= 15 is 0 Å². The molecule has 0 radical (unpaired) electrons. The van der Waals surface area contributed by atoms with Gasteiger partial charge in [0.15, 0.2) is 5.78 Å². The highest BCUT2D eigenvalue weighted by Gasteiger charge is 2.06. The van der Waals surface area contributed by atoms with Crippen LogP contribution in [0.1, 0.15) is 23.7 Å². The lowest BCUT2D eigenvalue weighted by Gasteiger charge is -2.06. The summed E-state index contributed by atoms with van der Waals surface area (Å²) in [6.07, 6.45) is 0.377. The predicted molar refractivity (Wildman–Crippen MR) is 62.2 cm³/mol. The van der Waals surface area contributed by atoms with Gasteiger partial charge in [0, 0.05) is 25.4 Å². The zero-order chi connectivity index (χ0) is 11.3. The SMILES string of the molecule is C/C(CC(=O)c1ccccc1)=N\N(C)C. The molecule has 1 aromatic carbocycles. The molecule has 0 aromatic heterocycles. The molecule has 0 amide bonds. The van der Waals surface area contributed by atoms with Crippen LogP contribution in [0.4, 0.5) is 0 Å². The van der Waals surface area contributed by atoms with Crippen molar-refractivity contribution >= 4 is 11.5 Å². The molecule has 0 bridgehead atoms. The Morgan fingerprint density at radius 2 is 1.87 bits per heavy atom. The largest absolute Gasteiger partial charge is 0.303 e. The summed E-state index contributed by atoms with van der Waals surface area (Å²) in [4.78, 5) is 11.7. The molecule has 3 nitrogen and oxygen atoms in total. The van der Waals surface area contributed by atoms with Crippen molar-refractivity contribution < 1.29 is 4.79 Å². The first kappa shape index (κ1) is 11.4. The third kappa shape index (κ3) is 3.94. The van der Waals surface area contributed by atoms with E-state index in [2.05, 4.69) is 5.10 Å². The Kier molecular flexibility index (Phi) is 4.03. The minimum Gasteiger partial charge on any atom is -0.303 e. The fourth-order valence-electron chi connectivity index (χ4n) is 1.34. The lowest BCUT2D eigenvalue weighted by Crippen LogP contribution is -2.10. The van der Waals surface area contributed by atoms with Gasteiger partial charge in [0.2, 0.25) is 0 Å². The maximum atomic E-state index is 11.7. The first-order valence-electron chi connectivity index (χ1n) is 4.89. The second-order valence-corrected chi connectivity index (χ2v) is 3.65. The summed E-state index contributed by atoms with van der Waals surface area (Å²) in [5.41, 5.74) is 1.57. The lowest BCUT2D eigenvalue weighted by molar-refractivity contribution is 0.1000. The zero-order valence-corrected chi connectivity index (χ0v) is 9.40. The Bertz CT molecular complexity index is 355. The molecule has 0 heterocycles. The van der Waals surface area contributed by atoms with Crippen LogP contribution < -0.4 is 0 Å². The van der Waals surface area contributed by atoms with Gasteiger partial charge in [-0.2, -0.15) is 5.10 Å². The topological polar surface area (TPSA) is 32.7 Å². The predicted octanol–water partition coefficient (Wildman–Crippen LogP) is 2.20. The van der Waals surface area contributed by atoms with Crippen molar-refractivity contribution in [3.8, 4) is 0 Å². The van der Waals surface area contributed by atoms with Gasteiger partial charge >= 0.3 is 0 Å². The second kappa shape index (κ2) is 5.29. The number of hydrazone groups is 1. The summed E-state index contributed by atoms with van der Waals surface area (Å²) < 4.78 is 0. The molecule has 0 N–H and O–H groups in total. The van der Waals surface area contributed by atoms with Crippen LogP contribution in [0.5, 0.6) is 0 Å². The van der Waals surface area contributed by atoms with Crippen LogP contribution in [-0.4, -0.2) is 30.6 Å². The summed E-state index contributed by atoms with van der Waals surface area (Å²) >= 11 is 0. The van der Waals surface area contributed by atoms with Crippen molar-refractivity contribution in [1.82, 2.24) is 5.01 Å². The van der Waals surface area contributed by atoms with Crippen molar-refractivity contribution in [2.24, 2.45) is 5.10 Å². The van der Waals surface area contributed by atoms with Crippen molar-refractivity contribution in [3.05, 3.63) is 35.9 Å². The van der Waals surface area contributed by atoms with E-state index in [1.807, 2.05) is 51.4 Å². The van der Waals surface area contributed by atoms with Crippen LogP contribution in [0, 0.1) is 0 Å². The fourth-order valence-corrected chi connectivity index (χ4v) is 1.34. The molecule has 3 heteroatoms. The molecule has 80 valence electrons. The molecule has 0 aliphatic heterocycles. The van der Waals surface area contributed by atoms with Gasteiger partial charge in [0.05, 0.1) is 6.42 Å². The maximum absolute atomic E-state index is 11.7. The summed E-state index contributed by atoms with van der Waals surface area (Å²) in [6.45, 7) is 1.86. The number of hydrogen-bond donors (Lipinski definition) is 0. The molecule has 0 aliphatic carbocycles. The highest BCUT2D eigenvalue weighted by atomic mass is 16.1. The highest BCUT2D eigenvalue weighted by molar-refractivity contribution is 6.08. The van der Waals surface area contributed by atoms with E-state index in [4.69, 9.17) is 0 Å². The van der Waals surface area contributed by atoms with Gasteiger partial charge in [0.25, 0.3) is 0 Å². The van der Waals surface area contributed by atoms with Crippen molar-refractivity contribution in [3.63, 3.8) is 0 Å². The molecule has 0 unspecified atom stereocenters. The minimum absolute atomic E-state index is 0.110. The van der Waals surface area contributed by atoms with E-state index in [0.29, 0.717) is 6.42 Å². The molecular formula is C12H16N2O. The standard InChI is InChI=1S/C12H16N2O/c1-10(13-14(2)3)9-12(15)11-7-5-4-6-8-11/h4-8H,9H2,1-3H3/b13-10+. The number of ketones is 1. The first-order valence-corrected chi connectivity index (χ1v) is 4.89. The molecular weight excluding hydrogens is 188 g/mol. The Morgan fingerprint density at radius 3 is 2.40 bits per heavy atom. The van der Waals surface area contributed by atoms with Gasteiger partial charge in [-0.3, -0.25) is 4.79 Å². The first-order chi connectivity index (χ1) is 7.09. The number of benzene rings is 1. The third-order valence-electron chi connectivity index (χ3n) is 1.88. The van der Waals surface area contributed by atoms with E-state index in [0.717, 1.165) is 11.3 Å². The van der Waals surface area contributed by atoms with E-state index in [1.54, 1.807) is 5.01 Å². The van der Waals surface area contributed by atoms with Gasteiger partial charge in [0.1, 0.15) is 0 Å². The third-order valence-corrected chi connectivity index (χ3v) is 1.88. The quantitative estimate of drug-likeness (QED) is 0.428. The van der Waals surface area contributed by atoms with Gasteiger partial charge in [-0.25, -0.2) is 0 Å². The molecule has 1 rings (SSSR count). The summed E-state index contributed by atoms with van der Waals surface area (Å²) in [5, 5.41) is 5.87. The number of rotatable bonds is 4. The Morgan fingerprint density at radius 1 is 1.27 bits per heavy atom. The number of carbonyl (C=O) groups is 1. The van der Waals surface area contributed by atoms with E-state index in [-0.39, 0.29) is 5.78 Å². The summed E-state index contributed by atoms with van der Waals surface area (Å²) in [5.74, 6) is 0.110. The van der Waals surface area contributed by atoms with Crippen molar-refractivity contribution in [2.45, 2.75) is 13.3 Å². The van der Waals surface area contributed by atoms with E-state index in [1.165, 1.54) is 0 Å². The van der Waals surface area contributed by atoms with Crippen LogP contribution in [0.3, 0.4) is 0 Å². The number of nitrogens with zero attached hydrogens (tertiary/aromatic N) is 2. The molecule has 15 heavy (non-hydrogen) atoms. The van der Waals surface area contributed by atoms with Crippen LogP contribution >= 0.6 is 0 Å². The average Bonchev–Trinajstić information content (AvgIpc) is 2.17. The Labute approximate surface area is 90.4 Å². The molecule has 0 saturated carbocycles. The number of Topliss-reactive ketones (excluding diaryl/α,β-unsaturated/α-hetero) is 1. The summed E-state index contributed by atoms with van der Waals surface area (Å²) in [6, 6.07) is 9.28. The molecule has 0 saturated heterocycles. The Hall–Kier alpha value is -1.64. The van der Waals surface area contributed by atoms with Crippen LogP contribution in [0.25, 0.3) is 0 Å². The monoisotopic (exact) mass is 204 g/mol. The molecule has 0 atom stereocenters. The van der Waals surface area contributed by atoms with Crippen LogP contribution in [0.2, 0.25) is 0 Å². The van der Waals surface area contributed by atoms with Crippen molar-refractivity contribution in [1.29, 1.82) is 0 Å². The molecule has 0 aliphatic rings. The van der Waals surface area contributed by atoms with Crippen molar-refractivity contribution in [2.75, 3.05) is 14.1 Å². The lowest BCUT2D eigenvalue weighted by atomic mass is 10.1. The molecule has 0 spiro atoms. The van der Waals surface area contributed by atoms with E-state index < -0.39 is 0 Å². The second-order valence-electron chi connectivity index (χ2n) is 3.65. The Balaban J connectivity index is 2.65. The van der Waals surface area contributed by atoms with E-state index in [9.17, 15) is 4.79 Å². The minimum atomic E-state index is 0.110. The fraction of sp³-hybridized carbons (Fsp3) is 0.333. The zero-order valence-electron chi connectivity index (χ0n) is 9.40. The van der Waals surface area contributed by atoms with Gasteiger partial charge in [-0.05, 0) is 6.92 Å². The van der Waals surface area contributed by atoms with Crippen LogP contribution in [0.15, 0.2) is 35.4 Å². The molecule has 0 fully saturated rings. The molecule has 1 aromatic rings.